The fraction of sp³-hybridized carbons (Fsp3) is 0.424. The SMILES string of the molecule is CCOC(=O)C1=C(OCc2ccccc2)C2=C3C(=C(CC4C=CC(F)=CC4C)CN2C)OC(C(=O)N(C)C)CN3CC1=O. The van der Waals surface area contributed by atoms with Crippen molar-refractivity contribution in [1.82, 2.24) is 14.7 Å². The molecule has 0 saturated carbocycles. The van der Waals surface area contributed by atoms with Crippen LogP contribution >= 0.6 is 0 Å². The first-order valence-electron chi connectivity index (χ1n) is 14.6. The first-order valence-corrected chi connectivity index (χ1v) is 14.6. The number of nitrogens with zero attached hydrogens (tertiary/aromatic N) is 3. The number of amides is 1. The Morgan fingerprint density at radius 1 is 1.14 bits per heavy atom. The fourth-order valence-electron chi connectivity index (χ4n) is 5.93. The molecule has 3 aliphatic heterocycles. The smallest absolute Gasteiger partial charge is 0.345 e. The molecule has 1 fully saturated rings. The van der Waals surface area contributed by atoms with E-state index >= 15 is 0 Å². The number of likely N-dealkylation sites (N-methyl/N-ethyl adjacent to an activating group) is 2. The van der Waals surface area contributed by atoms with Crippen molar-refractivity contribution in [2.75, 3.05) is 47.4 Å². The molecule has 5 rings (SSSR count). The van der Waals surface area contributed by atoms with Gasteiger partial charge in [-0.05, 0) is 48.5 Å². The highest BCUT2D eigenvalue weighted by Gasteiger charge is 2.46. The molecule has 0 bridgehead atoms. The van der Waals surface area contributed by atoms with E-state index in [2.05, 4.69) is 0 Å². The molecule has 3 unspecified atom stereocenters. The van der Waals surface area contributed by atoms with Gasteiger partial charge in [0.25, 0.3) is 5.91 Å². The zero-order valence-electron chi connectivity index (χ0n) is 25.3. The van der Waals surface area contributed by atoms with E-state index in [1.54, 1.807) is 27.1 Å². The standard InChI is InChI=1S/C33H38FN3O6/c1-6-41-33(40)27-25(38)17-37-18-26(32(39)35(3)4)43-30-23(15-22-12-13-24(34)14-20(22)2)16-36(5)28(29(30)37)31(27)42-19-21-10-8-7-9-11-21/h7-14,20,22,26H,6,15-19H2,1-5H3. The lowest BCUT2D eigenvalue weighted by Crippen LogP contribution is -2.51. The minimum Gasteiger partial charge on any atom is -0.486 e. The number of hydrogen-bond acceptors (Lipinski definition) is 8. The van der Waals surface area contributed by atoms with Gasteiger partial charge in [0.1, 0.15) is 35.2 Å². The molecule has 9 nitrogen and oxygen atoms in total. The zero-order chi connectivity index (χ0) is 30.8. The van der Waals surface area contributed by atoms with E-state index < -0.39 is 17.9 Å². The monoisotopic (exact) mass is 591 g/mol. The van der Waals surface area contributed by atoms with Gasteiger partial charge in [-0.3, -0.25) is 9.59 Å². The average Bonchev–Trinajstić information content (AvgIpc) is 3.09. The van der Waals surface area contributed by atoms with Crippen LogP contribution in [-0.4, -0.2) is 85.8 Å². The Labute approximate surface area is 251 Å². The fourth-order valence-corrected chi connectivity index (χ4v) is 5.93. The highest BCUT2D eigenvalue weighted by Crippen LogP contribution is 2.43. The topological polar surface area (TPSA) is 88.6 Å². The number of ether oxygens (including phenoxy) is 3. The first-order chi connectivity index (χ1) is 20.6. The van der Waals surface area contributed by atoms with E-state index in [9.17, 15) is 18.8 Å². The third kappa shape index (κ3) is 6.09. The van der Waals surface area contributed by atoms with Crippen LogP contribution in [0.25, 0.3) is 0 Å². The van der Waals surface area contributed by atoms with Crippen molar-refractivity contribution in [3.63, 3.8) is 0 Å². The Bertz CT molecular complexity index is 1460. The second kappa shape index (κ2) is 12.5. The molecule has 1 saturated heterocycles. The lowest BCUT2D eigenvalue weighted by atomic mass is 9.83. The molecular weight excluding hydrogens is 553 g/mol. The van der Waals surface area contributed by atoms with Crippen LogP contribution in [0.15, 0.2) is 88.4 Å². The molecule has 43 heavy (non-hydrogen) atoms. The van der Waals surface area contributed by atoms with Gasteiger partial charge in [0.2, 0.25) is 0 Å². The molecule has 0 N–H and O–H groups in total. The van der Waals surface area contributed by atoms with Gasteiger partial charge in [-0.15, -0.1) is 0 Å². The van der Waals surface area contributed by atoms with Gasteiger partial charge in [0.05, 0.1) is 19.7 Å². The van der Waals surface area contributed by atoms with Crippen molar-refractivity contribution < 1.29 is 33.0 Å². The van der Waals surface area contributed by atoms with Crippen LogP contribution in [-0.2, 0) is 35.2 Å². The minimum atomic E-state index is -0.865. The van der Waals surface area contributed by atoms with Crippen LogP contribution in [0.1, 0.15) is 25.8 Å². The summed E-state index contributed by atoms with van der Waals surface area (Å²) in [5.41, 5.74) is 2.73. The van der Waals surface area contributed by atoms with Crippen molar-refractivity contribution in [1.29, 1.82) is 0 Å². The maximum absolute atomic E-state index is 13.9. The molecule has 1 aliphatic carbocycles. The number of benzene rings is 1. The predicted molar refractivity (Wildman–Crippen MR) is 157 cm³/mol. The summed E-state index contributed by atoms with van der Waals surface area (Å²) in [6.45, 7) is 4.20. The second-order valence-corrected chi connectivity index (χ2v) is 11.5. The number of hydrogen-bond donors (Lipinski definition) is 0. The van der Waals surface area contributed by atoms with E-state index in [-0.39, 0.29) is 61.2 Å². The number of Topliss-reactive ketones (excluding diaryl/α,β-unsaturated/α-hetero) is 1. The van der Waals surface area contributed by atoms with Crippen LogP contribution in [0.5, 0.6) is 0 Å². The number of rotatable bonds is 8. The molecule has 4 aliphatic rings. The third-order valence-corrected chi connectivity index (χ3v) is 8.09. The summed E-state index contributed by atoms with van der Waals surface area (Å²) in [5, 5.41) is 0. The van der Waals surface area contributed by atoms with Crippen molar-refractivity contribution >= 4 is 17.7 Å². The highest BCUT2D eigenvalue weighted by atomic mass is 19.1. The quantitative estimate of drug-likeness (QED) is 0.333. The molecule has 0 radical (unpaired) electrons. The maximum Gasteiger partial charge on any atom is 0.345 e. The van der Waals surface area contributed by atoms with Crippen LogP contribution < -0.4 is 0 Å². The van der Waals surface area contributed by atoms with Crippen molar-refractivity contribution in [3.05, 3.63) is 94.0 Å². The number of carbonyl (C=O) groups is 3. The second-order valence-electron chi connectivity index (χ2n) is 11.5. The largest absolute Gasteiger partial charge is 0.486 e. The summed E-state index contributed by atoms with van der Waals surface area (Å²) in [6, 6.07) is 9.48. The first kappa shape index (κ1) is 30.1. The molecule has 1 aromatic carbocycles. The summed E-state index contributed by atoms with van der Waals surface area (Å²) < 4.78 is 32.1. The Kier molecular flexibility index (Phi) is 8.75. The van der Waals surface area contributed by atoms with Gasteiger partial charge >= 0.3 is 5.97 Å². The lowest BCUT2D eigenvalue weighted by molar-refractivity contribution is -0.143. The van der Waals surface area contributed by atoms with Gasteiger partial charge in [0, 0.05) is 27.7 Å². The molecular formula is C33H38FN3O6. The zero-order valence-corrected chi connectivity index (χ0v) is 25.3. The average molecular weight is 592 g/mol. The summed E-state index contributed by atoms with van der Waals surface area (Å²) in [5.74, 6) is -1.15. The Hall–Kier alpha value is -4.34. The molecule has 0 aromatic heterocycles. The van der Waals surface area contributed by atoms with Gasteiger partial charge in [0.15, 0.2) is 17.6 Å². The highest BCUT2D eigenvalue weighted by molar-refractivity contribution is 6.19. The normalized spacial score (nSPS) is 23.4. The van der Waals surface area contributed by atoms with E-state index in [1.165, 1.54) is 11.0 Å². The minimum absolute atomic E-state index is 0.00590. The van der Waals surface area contributed by atoms with Crippen molar-refractivity contribution in [2.45, 2.75) is 33.0 Å². The molecule has 1 aromatic rings. The number of morpholine rings is 1. The third-order valence-electron chi connectivity index (χ3n) is 8.09. The molecule has 0 spiro atoms. The summed E-state index contributed by atoms with van der Waals surface area (Å²) in [6.07, 6.45) is 4.64. The van der Waals surface area contributed by atoms with Crippen molar-refractivity contribution in [2.24, 2.45) is 11.8 Å². The van der Waals surface area contributed by atoms with E-state index in [0.717, 1.165) is 11.1 Å². The summed E-state index contributed by atoms with van der Waals surface area (Å²) in [7, 11) is 5.19. The Morgan fingerprint density at radius 2 is 1.88 bits per heavy atom. The molecule has 3 heterocycles. The molecule has 228 valence electrons. The number of carbonyl (C=O) groups excluding carboxylic acids is 3. The van der Waals surface area contributed by atoms with Gasteiger partial charge in [-0.25, -0.2) is 9.18 Å². The lowest BCUT2D eigenvalue weighted by Gasteiger charge is -2.44. The number of esters is 1. The molecule has 1 amide bonds. The maximum atomic E-state index is 13.9. The van der Waals surface area contributed by atoms with Crippen molar-refractivity contribution in [3.8, 4) is 0 Å². The van der Waals surface area contributed by atoms with Gasteiger partial charge in [-0.2, -0.15) is 0 Å². The van der Waals surface area contributed by atoms with Crippen LogP contribution in [0.4, 0.5) is 4.39 Å². The Balaban J connectivity index is 1.66. The van der Waals surface area contributed by atoms with Crippen LogP contribution in [0.2, 0.25) is 0 Å². The Morgan fingerprint density at radius 3 is 2.56 bits per heavy atom. The van der Waals surface area contributed by atoms with E-state index in [1.807, 2.05) is 60.2 Å². The summed E-state index contributed by atoms with van der Waals surface area (Å²) >= 11 is 0. The van der Waals surface area contributed by atoms with Crippen LogP contribution in [0, 0.1) is 11.8 Å². The van der Waals surface area contributed by atoms with E-state index in [0.29, 0.717) is 30.1 Å². The molecule has 3 atom stereocenters. The number of halogens is 1. The van der Waals surface area contributed by atoms with Gasteiger partial charge < -0.3 is 28.9 Å². The predicted octanol–water partition coefficient (Wildman–Crippen LogP) is 3.87. The summed E-state index contributed by atoms with van der Waals surface area (Å²) in [4.78, 5) is 45.6. The van der Waals surface area contributed by atoms with Gasteiger partial charge in [-0.1, -0.05) is 43.3 Å². The number of ketones is 1. The van der Waals surface area contributed by atoms with E-state index in [4.69, 9.17) is 14.2 Å². The molecule has 10 heteroatoms. The number of allylic oxidation sites excluding steroid dienone is 4. The van der Waals surface area contributed by atoms with Crippen LogP contribution in [0.3, 0.4) is 0 Å².